The van der Waals surface area contributed by atoms with Gasteiger partial charge in [-0.2, -0.15) is 0 Å². The second kappa shape index (κ2) is 10.5. The number of hydrogen-bond donors (Lipinski definition) is 5. The van der Waals surface area contributed by atoms with Crippen molar-refractivity contribution in [3.63, 3.8) is 0 Å². The van der Waals surface area contributed by atoms with E-state index in [-0.39, 0.29) is 29.0 Å². The molecule has 12 heteroatoms. The minimum Gasteiger partial charge on any atom is -0.504 e. The fourth-order valence-electron chi connectivity index (χ4n) is 5.46. The van der Waals surface area contributed by atoms with Gasteiger partial charge in [0.25, 0.3) is 0 Å². The summed E-state index contributed by atoms with van der Waals surface area (Å²) >= 11 is 0. The molecule has 2 saturated heterocycles. The Hall–Kier alpha value is -3.29. The summed E-state index contributed by atoms with van der Waals surface area (Å²) in [6.07, 6.45) is -6.76. The number of nitrogens with zero attached hydrogens (tertiary/aromatic N) is 2. The van der Waals surface area contributed by atoms with E-state index < -0.39 is 54.6 Å². The van der Waals surface area contributed by atoms with Crippen molar-refractivity contribution in [1.82, 2.24) is 4.90 Å². The van der Waals surface area contributed by atoms with E-state index in [9.17, 15) is 30.3 Å². The van der Waals surface area contributed by atoms with Crippen molar-refractivity contribution < 1.29 is 49.3 Å². The summed E-state index contributed by atoms with van der Waals surface area (Å²) in [5, 5.41) is 52.5. The molecule has 0 spiro atoms. The van der Waals surface area contributed by atoms with Crippen LogP contribution in [0.3, 0.4) is 0 Å². The number of benzene rings is 2. The number of carbonyl (C=O) groups is 1. The quantitative estimate of drug-likeness (QED) is 0.320. The molecule has 12 nitrogen and oxygen atoms in total. The molecule has 3 aliphatic heterocycles. The minimum absolute atomic E-state index is 0.0182. The topological polar surface area (TPSA) is 162 Å². The van der Waals surface area contributed by atoms with Gasteiger partial charge in [0, 0.05) is 55.6 Å². The highest BCUT2D eigenvalue weighted by atomic mass is 16.6. The number of carbonyl (C=O) groups excluding carboxylic acids is 1. The van der Waals surface area contributed by atoms with Gasteiger partial charge in [-0.3, -0.25) is 4.90 Å². The Kier molecular flexibility index (Phi) is 7.25. The number of anilines is 1. The minimum atomic E-state index is -1.56. The fraction of sp³-hybridized carbons (Fsp3) is 0.500. The maximum absolute atomic E-state index is 13.2. The molecule has 0 saturated carbocycles. The average Bonchev–Trinajstić information content (AvgIpc) is 2.93. The van der Waals surface area contributed by atoms with Crippen LogP contribution >= 0.6 is 0 Å². The fourth-order valence-corrected chi connectivity index (χ4v) is 5.46. The molecular weight excluding hydrogens is 500 g/mol. The van der Waals surface area contributed by atoms with Crippen LogP contribution in [-0.2, 0) is 16.0 Å². The summed E-state index contributed by atoms with van der Waals surface area (Å²) in [5.41, 5.74) is 1.12. The number of ether oxygens (including phenoxy) is 4. The summed E-state index contributed by atoms with van der Waals surface area (Å²) < 4.78 is 21.8. The number of aliphatic hydroxyl groups is 3. The standard InChI is InChI=1S/C26H32N2O10/c1-35-14-5-3-4-13(10-14)28-8-6-27(7-9-28)11-15-17-18(21(32)24(36-2)19(15)30)23-25(38-26(17)34)22(33)20(31)16(12-29)37-23/h3-5,10,16,20,22-23,25,29-33H,6-9,11-12H2,1-2H3/t16-,20-,22+,23?,25?/m1/s1. The maximum Gasteiger partial charge on any atom is 0.339 e. The van der Waals surface area contributed by atoms with Gasteiger partial charge in [0.1, 0.15) is 30.2 Å². The molecule has 206 valence electrons. The summed E-state index contributed by atoms with van der Waals surface area (Å²) in [6.45, 7) is 2.15. The van der Waals surface area contributed by atoms with Gasteiger partial charge < -0.3 is 49.4 Å². The monoisotopic (exact) mass is 532 g/mol. The van der Waals surface area contributed by atoms with Crippen LogP contribution in [0.4, 0.5) is 5.69 Å². The van der Waals surface area contributed by atoms with E-state index in [1.54, 1.807) is 7.11 Å². The zero-order valence-electron chi connectivity index (χ0n) is 21.1. The van der Waals surface area contributed by atoms with Crippen LogP contribution in [0.1, 0.15) is 27.6 Å². The Morgan fingerprint density at radius 1 is 1.03 bits per heavy atom. The zero-order valence-corrected chi connectivity index (χ0v) is 21.1. The van der Waals surface area contributed by atoms with Gasteiger partial charge >= 0.3 is 5.97 Å². The van der Waals surface area contributed by atoms with Gasteiger partial charge in [-0.1, -0.05) is 6.07 Å². The van der Waals surface area contributed by atoms with Crippen molar-refractivity contribution in [1.29, 1.82) is 0 Å². The van der Waals surface area contributed by atoms with Crippen molar-refractivity contribution in [3.8, 4) is 23.0 Å². The molecule has 0 aromatic heterocycles. The predicted octanol–water partition coefficient (Wildman–Crippen LogP) is 0.130. The first-order valence-corrected chi connectivity index (χ1v) is 12.4. The smallest absolute Gasteiger partial charge is 0.339 e. The van der Waals surface area contributed by atoms with Crippen molar-refractivity contribution in [3.05, 3.63) is 41.0 Å². The largest absolute Gasteiger partial charge is 0.504 e. The van der Waals surface area contributed by atoms with E-state index in [0.29, 0.717) is 26.2 Å². The number of rotatable bonds is 6. The van der Waals surface area contributed by atoms with Crippen molar-refractivity contribution in [2.24, 2.45) is 0 Å². The molecule has 3 heterocycles. The molecule has 5 N–H and O–H groups in total. The lowest BCUT2D eigenvalue weighted by molar-refractivity contribution is -0.235. The Morgan fingerprint density at radius 3 is 2.42 bits per heavy atom. The third-order valence-corrected chi connectivity index (χ3v) is 7.52. The van der Waals surface area contributed by atoms with Crippen LogP contribution in [0.2, 0.25) is 0 Å². The van der Waals surface area contributed by atoms with E-state index >= 15 is 0 Å². The summed E-state index contributed by atoms with van der Waals surface area (Å²) in [7, 11) is 2.89. The van der Waals surface area contributed by atoms with Crippen molar-refractivity contribution >= 4 is 11.7 Å². The number of aliphatic hydroxyl groups excluding tert-OH is 3. The first-order valence-electron chi connectivity index (χ1n) is 12.4. The van der Waals surface area contributed by atoms with E-state index in [2.05, 4.69) is 9.80 Å². The van der Waals surface area contributed by atoms with Crippen molar-refractivity contribution in [2.75, 3.05) is 51.9 Å². The number of piperazine rings is 1. The van der Waals surface area contributed by atoms with Gasteiger partial charge in [-0.15, -0.1) is 0 Å². The zero-order chi connectivity index (χ0) is 27.1. The number of methoxy groups -OCH3 is 2. The Bertz CT molecular complexity index is 1200. The SMILES string of the molecule is COc1cccc(N2CCN(Cc3c(O)c(OC)c(O)c4c3C(=O)OC3C4O[C@H](CO)[C@@H](O)[C@@H]3O)CC2)c1. The highest BCUT2D eigenvalue weighted by Gasteiger charge is 2.53. The summed E-state index contributed by atoms with van der Waals surface area (Å²) in [6, 6.07) is 7.78. The molecule has 0 bridgehead atoms. The van der Waals surface area contributed by atoms with Crippen LogP contribution in [0, 0.1) is 0 Å². The van der Waals surface area contributed by atoms with Gasteiger partial charge in [-0.05, 0) is 12.1 Å². The number of esters is 1. The van der Waals surface area contributed by atoms with E-state index in [4.69, 9.17) is 18.9 Å². The molecule has 3 aliphatic rings. The van der Waals surface area contributed by atoms with Gasteiger partial charge in [0.15, 0.2) is 17.6 Å². The Labute approximate surface area is 219 Å². The first-order chi connectivity index (χ1) is 18.3. The third-order valence-electron chi connectivity index (χ3n) is 7.52. The molecule has 0 aliphatic carbocycles. The molecule has 2 unspecified atom stereocenters. The molecule has 38 heavy (non-hydrogen) atoms. The van der Waals surface area contributed by atoms with Gasteiger partial charge in [0.05, 0.1) is 26.4 Å². The van der Waals surface area contributed by atoms with Crippen molar-refractivity contribution in [2.45, 2.75) is 37.1 Å². The lowest BCUT2D eigenvalue weighted by atomic mass is 9.84. The number of fused-ring (bicyclic) bond motifs is 3. The lowest BCUT2D eigenvalue weighted by Crippen LogP contribution is -2.58. The van der Waals surface area contributed by atoms with Crippen LogP contribution < -0.4 is 14.4 Å². The molecule has 0 amide bonds. The second-order valence-corrected chi connectivity index (χ2v) is 9.59. The first kappa shape index (κ1) is 26.3. The van der Waals surface area contributed by atoms with Gasteiger partial charge in [-0.25, -0.2) is 4.79 Å². The van der Waals surface area contributed by atoms with Crippen LogP contribution in [0.15, 0.2) is 24.3 Å². The number of aromatic hydroxyl groups is 2. The maximum atomic E-state index is 13.2. The third kappa shape index (κ3) is 4.37. The Morgan fingerprint density at radius 2 is 1.76 bits per heavy atom. The second-order valence-electron chi connectivity index (χ2n) is 9.59. The normalized spacial score (nSPS) is 27.3. The van der Waals surface area contributed by atoms with Crippen LogP contribution in [0.5, 0.6) is 23.0 Å². The van der Waals surface area contributed by atoms with E-state index in [1.807, 2.05) is 24.3 Å². The number of hydrogen-bond acceptors (Lipinski definition) is 12. The predicted molar refractivity (Wildman–Crippen MR) is 133 cm³/mol. The summed E-state index contributed by atoms with van der Waals surface area (Å²) in [5.74, 6) is -1.28. The van der Waals surface area contributed by atoms with Crippen LogP contribution in [0.25, 0.3) is 0 Å². The van der Waals surface area contributed by atoms with Crippen LogP contribution in [-0.4, -0.2) is 108 Å². The molecule has 2 aromatic rings. The highest BCUT2D eigenvalue weighted by molar-refractivity contribution is 5.97. The Balaban J connectivity index is 1.45. The average molecular weight is 533 g/mol. The molecule has 0 radical (unpaired) electrons. The molecular formula is C26H32N2O10. The van der Waals surface area contributed by atoms with E-state index in [1.165, 1.54) is 7.11 Å². The van der Waals surface area contributed by atoms with Gasteiger partial charge in [0.2, 0.25) is 5.75 Å². The molecule has 5 atom stereocenters. The number of phenols is 2. The summed E-state index contributed by atoms with van der Waals surface area (Å²) in [4.78, 5) is 17.5. The number of phenolic OH excluding ortho intramolecular Hbond substituents is 2. The highest BCUT2D eigenvalue weighted by Crippen LogP contribution is 2.52. The molecule has 2 fully saturated rings. The molecule has 2 aromatic carbocycles. The lowest BCUT2D eigenvalue weighted by Gasteiger charge is -2.45. The van der Waals surface area contributed by atoms with E-state index in [0.717, 1.165) is 11.4 Å². The molecule has 5 rings (SSSR count).